The zero-order valence-electron chi connectivity index (χ0n) is 15.1. The number of para-hydroxylation sites is 1. The summed E-state index contributed by atoms with van der Waals surface area (Å²) in [6.45, 7) is 3.15. The molecule has 0 radical (unpaired) electrons. The second-order valence-corrected chi connectivity index (χ2v) is 6.95. The Morgan fingerprint density at radius 1 is 0.964 bits per heavy atom. The van der Waals surface area contributed by atoms with Gasteiger partial charge < -0.3 is 20.9 Å². The van der Waals surface area contributed by atoms with E-state index in [9.17, 15) is 4.39 Å². The highest BCUT2D eigenvalue weighted by Gasteiger charge is 2.22. The van der Waals surface area contributed by atoms with Gasteiger partial charge in [-0.25, -0.2) is 14.4 Å². The van der Waals surface area contributed by atoms with Gasteiger partial charge in [-0.1, -0.05) is 29.8 Å². The highest BCUT2D eigenvalue weighted by Crippen LogP contribution is 2.30. The number of piperazine rings is 1. The summed E-state index contributed by atoms with van der Waals surface area (Å²) < 4.78 is 13.9. The lowest BCUT2D eigenvalue weighted by Gasteiger charge is -2.37. The molecular formula is C20H20ClFN6. The summed E-state index contributed by atoms with van der Waals surface area (Å²) in [6.07, 6.45) is 1.44. The van der Waals surface area contributed by atoms with Gasteiger partial charge in [0.2, 0.25) is 0 Å². The first-order valence-electron chi connectivity index (χ1n) is 8.99. The van der Waals surface area contributed by atoms with E-state index in [1.807, 2.05) is 18.2 Å². The van der Waals surface area contributed by atoms with Crippen molar-refractivity contribution in [3.8, 4) is 0 Å². The Kier molecular flexibility index (Phi) is 5.16. The van der Waals surface area contributed by atoms with Crippen molar-refractivity contribution in [2.75, 3.05) is 47.0 Å². The van der Waals surface area contributed by atoms with E-state index in [-0.39, 0.29) is 5.82 Å². The normalized spacial score (nSPS) is 14.2. The van der Waals surface area contributed by atoms with Gasteiger partial charge in [0.15, 0.2) is 11.6 Å². The number of benzene rings is 2. The second kappa shape index (κ2) is 7.90. The van der Waals surface area contributed by atoms with E-state index >= 15 is 0 Å². The third kappa shape index (κ3) is 3.80. The minimum absolute atomic E-state index is 0.324. The molecule has 6 nitrogen and oxygen atoms in total. The van der Waals surface area contributed by atoms with Crippen LogP contribution in [0.25, 0.3) is 0 Å². The van der Waals surface area contributed by atoms with Crippen molar-refractivity contribution in [3.05, 3.63) is 65.7 Å². The second-order valence-electron chi connectivity index (χ2n) is 6.52. The van der Waals surface area contributed by atoms with Gasteiger partial charge in [0.25, 0.3) is 0 Å². The lowest BCUT2D eigenvalue weighted by molar-refractivity contribution is 0.631. The predicted octanol–water partition coefficient (Wildman–Crippen LogP) is 3.92. The molecule has 2 heterocycles. The van der Waals surface area contributed by atoms with Crippen LogP contribution in [0.15, 0.2) is 54.9 Å². The van der Waals surface area contributed by atoms with Gasteiger partial charge >= 0.3 is 0 Å². The Labute approximate surface area is 167 Å². The molecule has 1 aliphatic heterocycles. The summed E-state index contributed by atoms with van der Waals surface area (Å²) in [6, 6.07) is 14.2. The van der Waals surface area contributed by atoms with Crippen LogP contribution < -0.4 is 20.9 Å². The minimum atomic E-state index is -0.364. The largest absolute Gasteiger partial charge is 0.393 e. The molecule has 0 unspecified atom stereocenters. The number of hydrogen-bond donors (Lipinski definition) is 2. The van der Waals surface area contributed by atoms with Gasteiger partial charge in [-0.3, -0.25) is 0 Å². The third-order valence-corrected chi connectivity index (χ3v) is 4.98. The Balaban J connectivity index is 1.49. The molecule has 1 aliphatic rings. The van der Waals surface area contributed by atoms with E-state index in [0.717, 1.165) is 36.9 Å². The van der Waals surface area contributed by atoms with Crippen molar-refractivity contribution in [2.45, 2.75) is 0 Å². The van der Waals surface area contributed by atoms with E-state index < -0.39 is 0 Å². The van der Waals surface area contributed by atoms with E-state index in [4.69, 9.17) is 17.3 Å². The maximum Gasteiger partial charge on any atom is 0.159 e. The van der Waals surface area contributed by atoms with Crippen LogP contribution in [-0.2, 0) is 0 Å². The van der Waals surface area contributed by atoms with Crippen molar-refractivity contribution in [3.63, 3.8) is 0 Å². The fourth-order valence-electron chi connectivity index (χ4n) is 3.28. The van der Waals surface area contributed by atoms with E-state index in [0.29, 0.717) is 23.0 Å². The molecule has 28 heavy (non-hydrogen) atoms. The predicted molar refractivity (Wildman–Crippen MR) is 112 cm³/mol. The quantitative estimate of drug-likeness (QED) is 0.694. The molecule has 2 aromatic carbocycles. The van der Waals surface area contributed by atoms with Gasteiger partial charge in [0, 0.05) is 36.9 Å². The molecule has 0 aliphatic carbocycles. The maximum absolute atomic E-state index is 13.9. The summed E-state index contributed by atoms with van der Waals surface area (Å²) in [5, 5.41) is 3.68. The standard InChI is InChI=1S/C20H20ClFN6/c21-14-4-3-5-15(12-14)27-8-10-28(11-9-27)20-18(23)19(24-13-25-20)26-17-7-2-1-6-16(17)22/h1-7,12-13H,8-11,23H2,(H,24,25,26). The number of nitrogens with zero attached hydrogens (tertiary/aromatic N) is 4. The number of nitrogens with two attached hydrogens (primary N) is 1. The molecule has 144 valence electrons. The number of anilines is 5. The van der Waals surface area contributed by atoms with Crippen molar-refractivity contribution in [1.82, 2.24) is 9.97 Å². The molecule has 0 bridgehead atoms. The van der Waals surface area contributed by atoms with Crippen LogP contribution in [0.3, 0.4) is 0 Å². The van der Waals surface area contributed by atoms with E-state index in [1.54, 1.807) is 18.2 Å². The minimum Gasteiger partial charge on any atom is -0.393 e. The van der Waals surface area contributed by atoms with Gasteiger partial charge in [-0.2, -0.15) is 0 Å². The third-order valence-electron chi connectivity index (χ3n) is 4.74. The van der Waals surface area contributed by atoms with Crippen molar-refractivity contribution >= 4 is 40.3 Å². The van der Waals surface area contributed by atoms with Crippen molar-refractivity contribution < 1.29 is 4.39 Å². The molecule has 0 saturated carbocycles. The van der Waals surface area contributed by atoms with Crippen LogP contribution in [0.4, 0.5) is 33.1 Å². The summed E-state index contributed by atoms with van der Waals surface area (Å²) >= 11 is 6.10. The zero-order valence-corrected chi connectivity index (χ0v) is 15.9. The smallest absolute Gasteiger partial charge is 0.159 e. The average Bonchev–Trinajstić information content (AvgIpc) is 2.71. The van der Waals surface area contributed by atoms with Crippen LogP contribution >= 0.6 is 11.6 Å². The Bertz CT molecular complexity index is 974. The van der Waals surface area contributed by atoms with Gasteiger partial charge in [0.05, 0.1) is 5.69 Å². The first-order valence-corrected chi connectivity index (χ1v) is 9.37. The summed E-state index contributed by atoms with van der Waals surface area (Å²) in [4.78, 5) is 12.9. The first-order chi connectivity index (χ1) is 13.6. The van der Waals surface area contributed by atoms with E-state index in [2.05, 4.69) is 31.2 Å². The van der Waals surface area contributed by atoms with Gasteiger partial charge in [-0.15, -0.1) is 0 Å². The molecule has 8 heteroatoms. The molecular weight excluding hydrogens is 379 g/mol. The van der Waals surface area contributed by atoms with Crippen LogP contribution in [-0.4, -0.2) is 36.1 Å². The monoisotopic (exact) mass is 398 g/mol. The SMILES string of the molecule is Nc1c(Nc2ccccc2F)ncnc1N1CCN(c2cccc(Cl)c2)CC1. The number of nitrogens with one attached hydrogen (secondary N) is 1. The maximum atomic E-state index is 13.9. The molecule has 1 aromatic heterocycles. The average molecular weight is 399 g/mol. The summed E-state index contributed by atoms with van der Waals surface area (Å²) in [7, 11) is 0. The Morgan fingerprint density at radius 3 is 2.46 bits per heavy atom. The van der Waals surface area contributed by atoms with Crippen LogP contribution in [0.5, 0.6) is 0 Å². The fourth-order valence-corrected chi connectivity index (χ4v) is 3.46. The first kappa shape index (κ1) is 18.3. The topological polar surface area (TPSA) is 70.3 Å². The van der Waals surface area contributed by atoms with Gasteiger partial charge in [-0.05, 0) is 30.3 Å². The van der Waals surface area contributed by atoms with Gasteiger partial charge in [0.1, 0.15) is 17.8 Å². The Morgan fingerprint density at radius 2 is 1.71 bits per heavy atom. The number of hydrogen-bond acceptors (Lipinski definition) is 6. The molecule has 3 N–H and O–H groups in total. The van der Waals surface area contributed by atoms with Crippen LogP contribution in [0.1, 0.15) is 0 Å². The molecule has 4 rings (SSSR count). The molecule has 1 fully saturated rings. The molecule has 1 saturated heterocycles. The molecule has 0 atom stereocenters. The summed E-state index contributed by atoms with van der Waals surface area (Å²) in [5.74, 6) is 0.684. The van der Waals surface area contributed by atoms with Crippen LogP contribution in [0.2, 0.25) is 5.02 Å². The molecule has 3 aromatic rings. The molecule has 0 amide bonds. The lowest BCUT2D eigenvalue weighted by atomic mass is 10.2. The molecule has 0 spiro atoms. The number of nitrogen functional groups attached to an aromatic ring is 1. The van der Waals surface area contributed by atoms with Crippen molar-refractivity contribution in [1.29, 1.82) is 0 Å². The lowest BCUT2D eigenvalue weighted by Crippen LogP contribution is -2.47. The highest BCUT2D eigenvalue weighted by molar-refractivity contribution is 6.30. The number of rotatable bonds is 4. The zero-order chi connectivity index (χ0) is 19.5. The van der Waals surface area contributed by atoms with E-state index in [1.165, 1.54) is 12.4 Å². The Hall–Kier alpha value is -3.06. The number of aromatic nitrogens is 2. The van der Waals surface area contributed by atoms with Crippen LogP contribution in [0, 0.1) is 5.82 Å². The summed E-state index contributed by atoms with van der Waals surface area (Å²) in [5.41, 5.74) is 8.12. The fraction of sp³-hybridized carbons (Fsp3) is 0.200. The van der Waals surface area contributed by atoms with Crippen molar-refractivity contribution in [2.24, 2.45) is 0 Å². The number of halogens is 2. The highest BCUT2D eigenvalue weighted by atomic mass is 35.5.